The molecule has 15 heavy (non-hydrogen) atoms. The van der Waals surface area contributed by atoms with Crippen LogP contribution < -0.4 is 0 Å². The van der Waals surface area contributed by atoms with E-state index in [1.807, 2.05) is 30.3 Å². The van der Waals surface area contributed by atoms with Gasteiger partial charge in [-0.2, -0.15) is 0 Å². The summed E-state index contributed by atoms with van der Waals surface area (Å²) in [6.45, 7) is 0.984. The summed E-state index contributed by atoms with van der Waals surface area (Å²) in [6, 6.07) is 9.82. The first kappa shape index (κ1) is 10.2. The minimum atomic E-state index is -0.761. The number of carboxylic acids is 1. The first-order chi connectivity index (χ1) is 7.29. The van der Waals surface area contributed by atoms with Crippen molar-refractivity contribution in [2.24, 2.45) is 5.92 Å². The minimum absolute atomic E-state index is 0.0949. The van der Waals surface area contributed by atoms with Crippen LogP contribution >= 0.6 is 0 Å². The molecule has 0 aliphatic carbocycles. The quantitative estimate of drug-likeness (QED) is 0.803. The van der Waals surface area contributed by atoms with E-state index in [2.05, 4.69) is 0 Å². The number of aliphatic carboxylic acids is 1. The second-order valence-corrected chi connectivity index (χ2v) is 3.83. The molecule has 0 amide bonds. The zero-order valence-electron chi connectivity index (χ0n) is 8.43. The largest absolute Gasteiger partial charge is 0.481 e. The van der Waals surface area contributed by atoms with Crippen LogP contribution in [0.25, 0.3) is 0 Å². The SMILES string of the molecule is O=C(O)[C@@H]1COCC[C@@H]1c1ccccc1. The average molecular weight is 206 g/mol. The van der Waals surface area contributed by atoms with Crippen molar-refractivity contribution in [1.82, 2.24) is 0 Å². The van der Waals surface area contributed by atoms with Crippen molar-refractivity contribution in [3.63, 3.8) is 0 Å². The van der Waals surface area contributed by atoms with Gasteiger partial charge in [0.2, 0.25) is 0 Å². The molecule has 0 aromatic heterocycles. The maximum absolute atomic E-state index is 11.1. The molecule has 1 saturated heterocycles. The Kier molecular flexibility index (Phi) is 3.02. The zero-order chi connectivity index (χ0) is 10.7. The van der Waals surface area contributed by atoms with Gasteiger partial charge >= 0.3 is 5.97 Å². The van der Waals surface area contributed by atoms with Crippen LogP contribution in [0.3, 0.4) is 0 Å². The maximum atomic E-state index is 11.1. The molecule has 3 nitrogen and oxygen atoms in total. The lowest BCUT2D eigenvalue weighted by molar-refractivity contribution is -0.147. The van der Waals surface area contributed by atoms with E-state index in [0.29, 0.717) is 13.2 Å². The number of hydrogen-bond acceptors (Lipinski definition) is 2. The number of benzene rings is 1. The lowest BCUT2D eigenvalue weighted by atomic mass is 9.83. The highest BCUT2D eigenvalue weighted by Crippen LogP contribution is 2.31. The molecule has 0 unspecified atom stereocenters. The second-order valence-electron chi connectivity index (χ2n) is 3.83. The Morgan fingerprint density at radius 1 is 1.33 bits per heavy atom. The summed E-state index contributed by atoms with van der Waals surface area (Å²) in [4.78, 5) is 11.1. The standard InChI is InChI=1S/C12H14O3/c13-12(14)11-8-15-7-6-10(11)9-4-2-1-3-5-9/h1-5,10-11H,6-8H2,(H,13,14)/t10-,11-/m1/s1. The summed E-state index contributed by atoms with van der Waals surface area (Å²) in [5, 5.41) is 9.09. The molecular weight excluding hydrogens is 192 g/mol. The van der Waals surface area contributed by atoms with Crippen molar-refractivity contribution in [3.8, 4) is 0 Å². The van der Waals surface area contributed by atoms with Gasteiger partial charge in [0, 0.05) is 12.5 Å². The van der Waals surface area contributed by atoms with E-state index < -0.39 is 11.9 Å². The fourth-order valence-electron chi connectivity index (χ4n) is 2.08. The van der Waals surface area contributed by atoms with Gasteiger partial charge in [0.25, 0.3) is 0 Å². The van der Waals surface area contributed by atoms with Crippen molar-refractivity contribution < 1.29 is 14.6 Å². The van der Waals surface area contributed by atoms with Gasteiger partial charge < -0.3 is 9.84 Å². The van der Waals surface area contributed by atoms with E-state index in [-0.39, 0.29) is 5.92 Å². The van der Waals surface area contributed by atoms with Crippen molar-refractivity contribution in [2.45, 2.75) is 12.3 Å². The average Bonchev–Trinajstić information content (AvgIpc) is 2.30. The third-order valence-electron chi connectivity index (χ3n) is 2.90. The molecule has 1 aromatic rings. The molecular formula is C12H14O3. The van der Waals surface area contributed by atoms with Gasteiger partial charge in [0.05, 0.1) is 12.5 Å². The molecule has 1 heterocycles. The fourth-order valence-corrected chi connectivity index (χ4v) is 2.08. The topological polar surface area (TPSA) is 46.5 Å². The summed E-state index contributed by atoms with van der Waals surface area (Å²) < 4.78 is 5.21. The lowest BCUT2D eigenvalue weighted by Crippen LogP contribution is -2.32. The van der Waals surface area contributed by atoms with E-state index in [1.54, 1.807) is 0 Å². The number of carbonyl (C=O) groups is 1. The lowest BCUT2D eigenvalue weighted by Gasteiger charge is -2.28. The van der Waals surface area contributed by atoms with E-state index in [9.17, 15) is 4.79 Å². The van der Waals surface area contributed by atoms with Crippen LogP contribution in [0.4, 0.5) is 0 Å². The summed E-state index contributed by atoms with van der Waals surface area (Å²) in [5.74, 6) is -1.07. The van der Waals surface area contributed by atoms with Gasteiger partial charge in [0.15, 0.2) is 0 Å². The van der Waals surface area contributed by atoms with Crippen LogP contribution in [0.2, 0.25) is 0 Å². The molecule has 2 rings (SSSR count). The highest BCUT2D eigenvalue weighted by atomic mass is 16.5. The normalized spacial score (nSPS) is 26.1. The third kappa shape index (κ3) is 2.18. The Morgan fingerprint density at radius 2 is 2.07 bits per heavy atom. The highest BCUT2D eigenvalue weighted by Gasteiger charge is 2.32. The van der Waals surface area contributed by atoms with Crippen LogP contribution in [0.1, 0.15) is 17.9 Å². The molecule has 1 aliphatic heterocycles. The van der Waals surface area contributed by atoms with E-state index in [1.165, 1.54) is 0 Å². The van der Waals surface area contributed by atoms with Gasteiger partial charge in [0.1, 0.15) is 0 Å². The Hall–Kier alpha value is -1.35. The molecule has 0 saturated carbocycles. The zero-order valence-corrected chi connectivity index (χ0v) is 8.43. The molecule has 1 fully saturated rings. The van der Waals surface area contributed by atoms with E-state index >= 15 is 0 Å². The monoisotopic (exact) mass is 206 g/mol. The van der Waals surface area contributed by atoms with Crippen LogP contribution in [0, 0.1) is 5.92 Å². The van der Waals surface area contributed by atoms with Gasteiger partial charge in [-0.3, -0.25) is 4.79 Å². The number of carboxylic acid groups (broad SMARTS) is 1. The highest BCUT2D eigenvalue weighted by molar-refractivity contribution is 5.71. The van der Waals surface area contributed by atoms with Crippen molar-refractivity contribution in [1.29, 1.82) is 0 Å². The second kappa shape index (κ2) is 4.45. The Bertz CT molecular complexity index is 334. The first-order valence-corrected chi connectivity index (χ1v) is 5.14. The number of hydrogen-bond donors (Lipinski definition) is 1. The van der Waals surface area contributed by atoms with Gasteiger partial charge in [-0.05, 0) is 12.0 Å². The summed E-state index contributed by atoms with van der Waals surface area (Å²) in [5.41, 5.74) is 1.10. The Labute approximate surface area is 88.7 Å². The van der Waals surface area contributed by atoms with E-state index in [0.717, 1.165) is 12.0 Å². The minimum Gasteiger partial charge on any atom is -0.481 e. The Balaban J connectivity index is 2.22. The predicted octanol–water partition coefficient (Wildman–Crippen LogP) is 1.89. The summed E-state index contributed by atoms with van der Waals surface area (Å²) in [6.07, 6.45) is 0.793. The predicted molar refractivity (Wildman–Crippen MR) is 55.7 cm³/mol. The Morgan fingerprint density at radius 3 is 2.73 bits per heavy atom. The van der Waals surface area contributed by atoms with Crippen LogP contribution in [0.5, 0.6) is 0 Å². The molecule has 2 atom stereocenters. The smallest absolute Gasteiger partial charge is 0.309 e. The fraction of sp³-hybridized carbons (Fsp3) is 0.417. The third-order valence-corrected chi connectivity index (χ3v) is 2.90. The molecule has 0 radical (unpaired) electrons. The first-order valence-electron chi connectivity index (χ1n) is 5.14. The summed E-state index contributed by atoms with van der Waals surface area (Å²) in [7, 11) is 0. The van der Waals surface area contributed by atoms with Gasteiger partial charge in [-0.25, -0.2) is 0 Å². The van der Waals surface area contributed by atoms with Crippen LogP contribution in [0.15, 0.2) is 30.3 Å². The van der Waals surface area contributed by atoms with E-state index in [4.69, 9.17) is 9.84 Å². The molecule has 0 bridgehead atoms. The van der Waals surface area contributed by atoms with Crippen molar-refractivity contribution in [2.75, 3.05) is 13.2 Å². The number of ether oxygens (including phenoxy) is 1. The van der Waals surface area contributed by atoms with Crippen LogP contribution in [-0.4, -0.2) is 24.3 Å². The molecule has 1 aromatic carbocycles. The molecule has 1 aliphatic rings. The molecule has 3 heteroatoms. The summed E-state index contributed by atoms with van der Waals surface area (Å²) >= 11 is 0. The van der Waals surface area contributed by atoms with Crippen LogP contribution in [-0.2, 0) is 9.53 Å². The molecule has 1 N–H and O–H groups in total. The van der Waals surface area contributed by atoms with Gasteiger partial charge in [-0.1, -0.05) is 30.3 Å². The molecule has 80 valence electrons. The van der Waals surface area contributed by atoms with Crippen molar-refractivity contribution in [3.05, 3.63) is 35.9 Å². The van der Waals surface area contributed by atoms with Gasteiger partial charge in [-0.15, -0.1) is 0 Å². The number of rotatable bonds is 2. The van der Waals surface area contributed by atoms with Crippen molar-refractivity contribution >= 4 is 5.97 Å². The molecule has 0 spiro atoms. The maximum Gasteiger partial charge on any atom is 0.309 e.